The smallest absolute Gasteiger partial charge is 0.332 e. The van der Waals surface area contributed by atoms with E-state index in [1.165, 1.54) is 39.7 Å². The Kier molecular flexibility index (Phi) is 6.07. The third kappa shape index (κ3) is 4.69. The second-order valence-corrected chi connectivity index (χ2v) is 7.55. The van der Waals surface area contributed by atoms with Gasteiger partial charge in [0.1, 0.15) is 18.1 Å². The molecule has 0 saturated heterocycles. The fraction of sp³-hybridized carbons (Fsp3) is 0.217. The molecule has 170 valence electrons. The highest BCUT2D eigenvalue weighted by atomic mass is 19.1. The lowest BCUT2D eigenvalue weighted by atomic mass is 10.2. The third-order valence-corrected chi connectivity index (χ3v) is 5.19. The van der Waals surface area contributed by atoms with Gasteiger partial charge in [-0.3, -0.25) is 23.4 Å². The number of hydrogen-bond acceptors (Lipinski definition) is 5. The van der Waals surface area contributed by atoms with Crippen LogP contribution in [0.5, 0.6) is 5.75 Å². The van der Waals surface area contributed by atoms with Crippen LogP contribution in [-0.4, -0.2) is 31.9 Å². The zero-order chi connectivity index (χ0) is 23.5. The van der Waals surface area contributed by atoms with E-state index in [9.17, 15) is 18.8 Å². The van der Waals surface area contributed by atoms with Crippen molar-refractivity contribution in [3.63, 3.8) is 0 Å². The molecule has 0 fully saturated rings. The average molecular weight is 451 g/mol. The van der Waals surface area contributed by atoms with Crippen LogP contribution in [0.2, 0.25) is 0 Å². The Balaban J connectivity index is 1.64. The van der Waals surface area contributed by atoms with Crippen molar-refractivity contribution in [2.45, 2.75) is 19.6 Å². The Morgan fingerprint density at radius 1 is 1.09 bits per heavy atom. The molecule has 4 aromatic rings. The summed E-state index contributed by atoms with van der Waals surface area (Å²) in [5, 5.41) is 6.95. The molecule has 0 unspecified atom stereocenters. The summed E-state index contributed by atoms with van der Waals surface area (Å²) in [6, 6.07) is 12.8. The lowest BCUT2D eigenvalue weighted by Crippen LogP contribution is -2.42. The van der Waals surface area contributed by atoms with Gasteiger partial charge < -0.3 is 10.1 Å². The molecule has 0 aliphatic rings. The van der Waals surface area contributed by atoms with Gasteiger partial charge in [-0.05, 0) is 35.4 Å². The summed E-state index contributed by atoms with van der Waals surface area (Å²) in [5.41, 5.74) is 0.510. The summed E-state index contributed by atoms with van der Waals surface area (Å²) >= 11 is 0. The number of aryl methyl sites for hydroxylation is 1. The predicted octanol–water partition coefficient (Wildman–Crippen LogP) is 1.41. The summed E-state index contributed by atoms with van der Waals surface area (Å²) < 4.78 is 22.1. The molecule has 0 spiro atoms. The molecule has 0 saturated carbocycles. The highest BCUT2D eigenvalue weighted by molar-refractivity contribution is 5.79. The van der Waals surface area contributed by atoms with Crippen LogP contribution in [-0.2, 0) is 31.5 Å². The van der Waals surface area contributed by atoms with E-state index in [1.54, 1.807) is 26.3 Å². The summed E-state index contributed by atoms with van der Waals surface area (Å²) in [7, 11) is 3.19. The SMILES string of the molecule is COc1cccc(CNC(=O)Cn2c(=O)n(Cc3ccc(F)cc3)c(=O)c3nn(C)cc32)c1. The van der Waals surface area contributed by atoms with Crippen molar-refractivity contribution >= 4 is 16.9 Å². The Morgan fingerprint density at radius 3 is 2.58 bits per heavy atom. The number of ether oxygens (including phenoxy) is 1. The molecule has 0 radical (unpaired) electrons. The number of methoxy groups -OCH3 is 1. The molecule has 0 aliphatic carbocycles. The molecule has 0 atom stereocenters. The van der Waals surface area contributed by atoms with Crippen LogP contribution in [0.15, 0.2) is 64.3 Å². The van der Waals surface area contributed by atoms with Gasteiger partial charge in [0.25, 0.3) is 5.56 Å². The zero-order valence-electron chi connectivity index (χ0n) is 18.1. The van der Waals surface area contributed by atoms with E-state index >= 15 is 0 Å². The van der Waals surface area contributed by atoms with E-state index in [-0.39, 0.29) is 30.7 Å². The van der Waals surface area contributed by atoms with Crippen LogP contribution >= 0.6 is 0 Å². The molecular formula is C23H22FN5O4. The van der Waals surface area contributed by atoms with E-state index in [0.29, 0.717) is 11.3 Å². The third-order valence-electron chi connectivity index (χ3n) is 5.19. The van der Waals surface area contributed by atoms with Gasteiger partial charge in [0, 0.05) is 19.8 Å². The van der Waals surface area contributed by atoms with Gasteiger partial charge in [0.2, 0.25) is 5.91 Å². The molecule has 0 aliphatic heterocycles. The summed E-state index contributed by atoms with van der Waals surface area (Å²) in [4.78, 5) is 38.8. The first-order valence-electron chi connectivity index (χ1n) is 10.2. The number of benzene rings is 2. The van der Waals surface area contributed by atoms with Crippen molar-refractivity contribution in [1.29, 1.82) is 0 Å². The maximum absolute atomic E-state index is 13.2. The molecule has 2 heterocycles. The minimum Gasteiger partial charge on any atom is -0.497 e. The molecule has 1 N–H and O–H groups in total. The Hall–Kier alpha value is -4.21. The highest BCUT2D eigenvalue weighted by Crippen LogP contribution is 2.12. The quantitative estimate of drug-likeness (QED) is 0.458. The molecule has 10 heteroatoms. The van der Waals surface area contributed by atoms with E-state index < -0.39 is 23.0 Å². The number of hydrogen-bond donors (Lipinski definition) is 1. The fourth-order valence-corrected chi connectivity index (χ4v) is 3.54. The lowest BCUT2D eigenvalue weighted by molar-refractivity contribution is -0.121. The van der Waals surface area contributed by atoms with E-state index in [2.05, 4.69) is 10.4 Å². The van der Waals surface area contributed by atoms with Gasteiger partial charge >= 0.3 is 5.69 Å². The minimum absolute atomic E-state index is 0.0693. The Morgan fingerprint density at radius 2 is 1.85 bits per heavy atom. The fourth-order valence-electron chi connectivity index (χ4n) is 3.54. The molecular weight excluding hydrogens is 429 g/mol. The number of rotatable bonds is 7. The Labute approximate surface area is 187 Å². The van der Waals surface area contributed by atoms with Crippen LogP contribution in [0.4, 0.5) is 4.39 Å². The van der Waals surface area contributed by atoms with Gasteiger partial charge in [0.15, 0.2) is 5.52 Å². The van der Waals surface area contributed by atoms with Crippen LogP contribution in [0, 0.1) is 5.82 Å². The van der Waals surface area contributed by atoms with Crippen LogP contribution in [0.1, 0.15) is 11.1 Å². The first-order chi connectivity index (χ1) is 15.9. The number of amides is 1. The molecule has 2 aromatic heterocycles. The van der Waals surface area contributed by atoms with Gasteiger partial charge in [0.05, 0.1) is 19.2 Å². The first kappa shape index (κ1) is 22.0. The van der Waals surface area contributed by atoms with Crippen molar-refractivity contribution in [3.8, 4) is 5.75 Å². The maximum Gasteiger partial charge on any atom is 0.332 e. The number of nitrogens with one attached hydrogen (secondary N) is 1. The highest BCUT2D eigenvalue weighted by Gasteiger charge is 2.18. The van der Waals surface area contributed by atoms with Gasteiger partial charge in [-0.15, -0.1) is 0 Å². The van der Waals surface area contributed by atoms with Crippen molar-refractivity contribution in [2.75, 3.05) is 7.11 Å². The van der Waals surface area contributed by atoms with Gasteiger partial charge in [-0.1, -0.05) is 24.3 Å². The van der Waals surface area contributed by atoms with Crippen molar-refractivity contribution < 1.29 is 13.9 Å². The van der Waals surface area contributed by atoms with Gasteiger partial charge in [-0.25, -0.2) is 9.18 Å². The second kappa shape index (κ2) is 9.11. The average Bonchev–Trinajstić information content (AvgIpc) is 3.21. The minimum atomic E-state index is -0.652. The summed E-state index contributed by atoms with van der Waals surface area (Å²) in [5.74, 6) is -0.156. The van der Waals surface area contributed by atoms with E-state index in [0.717, 1.165) is 10.1 Å². The number of carbonyl (C=O) groups excluding carboxylic acids is 1. The number of aromatic nitrogens is 4. The molecule has 0 bridgehead atoms. The number of fused-ring (bicyclic) bond motifs is 1. The first-order valence-corrected chi connectivity index (χ1v) is 10.2. The largest absolute Gasteiger partial charge is 0.497 e. The number of nitrogens with zero attached hydrogens (tertiary/aromatic N) is 4. The van der Waals surface area contributed by atoms with E-state index in [1.807, 2.05) is 12.1 Å². The predicted molar refractivity (Wildman–Crippen MR) is 120 cm³/mol. The summed E-state index contributed by atoms with van der Waals surface area (Å²) in [6.45, 7) is -0.124. The van der Waals surface area contributed by atoms with Crippen molar-refractivity contribution in [1.82, 2.24) is 24.2 Å². The van der Waals surface area contributed by atoms with Gasteiger partial charge in [-0.2, -0.15) is 5.10 Å². The Bertz CT molecular complexity index is 1440. The normalized spacial score (nSPS) is 11.0. The van der Waals surface area contributed by atoms with E-state index in [4.69, 9.17) is 4.74 Å². The maximum atomic E-state index is 13.2. The second-order valence-electron chi connectivity index (χ2n) is 7.55. The van der Waals surface area contributed by atoms with Crippen LogP contribution < -0.4 is 21.3 Å². The molecule has 9 nitrogen and oxygen atoms in total. The zero-order valence-corrected chi connectivity index (χ0v) is 18.1. The van der Waals surface area contributed by atoms with Crippen LogP contribution in [0.3, 0.4) is 0 Å². The molecule has 33 heavy (non-hydrogen) atoms. The van der Waals surface area contributed by atoms with Crippen LogP contribution in [0.25, 0.3) is 11.0 Å². The monoisotopic (exact) mass is 451 g/mol. The van der Waals surface area contributed by atoms with Crippen molar-refractivity contribution in [3.05, 3.63) is 92.5 Å². The molecule has 4 rings (SSSR count). The summed E-state index contributed by atoms with van der Waals surface area (Å²) in [6.07, 6.45) is 1.52. The lowest BCUT2D eigenvalue weighted by Gasteiger charge is -2.12. The number of carbonyl (C=O) groups is 1. The molecule has 1 amide bonds. The number of halogens is 1. The topological polar surface area (TPSA) is 100 Å². The molecule has 2 aromatic carbocycles. The standard InChI is InChI=1S/C23H22FN5O4/c1-27-13-19-21(26-27)22(31)29(12-15-6-8-17(24)9-7-15)23(32)28(19)14-20(30)25-11-16-4-3-5-18(10-16)33-2/h3-10,13H,11-12,14H2,1-2H3,(H,25,30). The van der Waals surface area contributed by atoms with Crippen molar-refractivity contribution in [2.24, 2.45) is 7.05 Å².